The fourth-order valence-corrected chi connectivity index (χ4v) is 7.61. The minimum Gasteiger partial charge on any atom is -0.465 e. The smallest absolute Gasteiger partial charge is 0.407 e. The van der Waals surface area contributed by atoms with Crippen LogP contribution in [0.2, 0.25) is 5.02 Å². The maximum atomic E-state index is 13.8. The molecule has 0 spiro atoms. The molecule has 312 valence electrons. The third-order valence-corrected chi connectivity index (χ3v) is 10.9. The highest BCUT2D eigenvalue weighted by Gasteiger charge is 2.31. The van der Waals surface area contributed by atoms with E-state index in [2.05, 4.69) is 41.9 Å². The molecule has 4 aromatic rings. The molecule has 5 amide bonds. The van der Waals surface area contributed by atoms with Gasteiger partial charge in [-0.1, -0.05) is 41.9 Å². The van der Waals surface area contributed by atoms with Crippen molar-refractivity contribution in [2.24, 2.45) is 11.8 Å². The molecule has 1 aliphatic heterocycles. The first-order chi connectivity index (χ1) is 28.2. The van der Waals surface area contributed by atoms with E-state index in [0.717, 1.165) is 24.0 Å². The molecule has 1 aliphatic carbocycles. The number of H-pyrrole nitrogens is 1. The zero-order valence-electron chi connectivity index (χ0n) is 33.3. The van der Waals surface area contributed by atoms with Crippen LogP contribution < -0.4 is 21.3 Å². The maximum Gasteiger partial charge on any atom is 0.407 e. The summed E-state index contributed by atoms with van der Waals surface area (Å²) in [6, 6.07) is 18.6. The van der Waals surface area contributed by atoms with E-state index >= 15 is 0 Å². The molecule has 1 saturated heterocycles. The van der Waals surface area contributed by atoms with E-state index in [4.69, 9.17) is 16.3 Å². The van der Waals surface area contributed by atoms with Crippen LogP contribution in [0.15, 0.2) is 66.7 Å². The Morgan fingerprint density at radius 3 is 2.20 bits per heavy atom. The quantitative estimate of drug-likeness (QED) is 0.0970. The summed E-state index contributed by atoms with van der Waals surface area (Å²) in [6.07, 6.45) is 2.62. The first-order valence-corrected chi connectivity index (χ1v) is 20.2. The molecule has 6 rings (SSSR count). The number of carboxylic acid groups (broad SMARTS) is 1. The molecule has 1 saturated carbocycles. The number of hydrogen-bond donors (Lipinski definition) is 6. The topological polar surface area (TPSA) is 221 Å². The molecule has 2 fully saturated rings. The Bertz CT molecular complexity index is 2090. The largest absolute Gasteiger partial charge is 0.465 e. The van der Waals surface area contributed by atoms with Crippen molar-refractivity contribution in [2.75, 3.05) is 25.0 Å². The number of aromatic amines is 1. The van der Waals surface area contributed by atoms with Crippen molar-refractivity contribution < 1.29 is 33.8 Å². The molecule has 1 aromatic heterocycles. The number of halogens is 1. The fourth-order valence-electron chi connectivity index (χ4n) is 7.32. The monoisotopic (exact) mass is 827 g/mol. The number of carbonyl (C=O) groups excluding carboxylic acids is 4. The summed E-state index contributed by atoms with van der Waals surface area (Å²) in [4.78, 5) is 65.2. The predicted octanol–water partition coefficient (Wildman–Crippen LogP) is 6.06. The van der Waals surface area contributed by atoms with Gasteiger partial charge in [0, 0.05) is 65.4 Å². The van der Waals surface area contributed by atoms with Gasteiger partial charge in [0.1, 0.15) is 11.6 Å². The normalized spacial score (nSPS) is 17.7. The van der Waals surface area contributed by atoms with Gasteiger partial charge in [0.2, 0.25) is 17.6 Å². The Morgan fingerprint density at radius 2 is 1.59 bits per heavy atom. The van der Waals surface area contributed by atoms with E-state index < -0.39 is 23.8 Å². The van der Waals surface area contributed by atoms with Gasteiger partial charge in [0.15, 0.2) is 0 Å². The number of ether oxygens (including phenoxy) is 1. The molecule has 16 nitrogen and oxygen atoms in total. The fraction of sp³-hybridized carbons (Fsp3) is 0.429. The number of likely N-dealkylation sites (tertiary alicyclic amines) is 1. The number of nitrogens with one attached hydrogen (secondary N) is 5. The minimum atomic E-state index is -0.958. The number of amides is 5. The van der Waals surface area contributed by atoms with Gasteiger partial charge in [-0.25, -0.2) is 9.59 Å². The highest BCUT2D eigenvalue weighted by Crippen LogP contribution is 2.31. The lowest BCUT2D eigenvalue weighted by atomic mass is 9.81. The van der Waals surface area contributed by atoms with Crippen LogP contribution in [0.1, 0.15) is 75.2 Å². The SMILES string of the molecule is CC(C)(C)OC(=O)NCC1CCC(C(=O)N[C@@H](Cc2ccc(-c3ccc(C(=O)NC4CCN(C(=O)O)CC4)cc3Cl)cc2)C(=O)Nc2ccc(-c3nn[nH]n3)cc2)CC1. The second-order valence-corrected chi connectivity index (χ2v) is 16.5. The third-order valence-electron chi connectivity index (χ3n) is 10.6. The zero-order valence-corrected chi connectivity index (χ0v) is 34.1. The van der Waals surface area contributed by atoms with Gasteiger partial charge >= 0.3 is 12.2 Å². The summed E-state index contributed by atoms with van der Waals surface area (Å²) in [7, 11) is 0. The van der Waals surface area contributed by atoms with Gasteiger partial charge in [-0.05, 0) is 118 Å². The second-order valence-electron chi connectivity index (χ2n) is 16.1. The van der Waals surface area contributed by atoms with Crippen LogP contribution in [0, 0.1) is 11.8 Å². The Balaban J connectivity index is 1.09. The third kappa shape index (κ3) is 12.0. The number of tetrazole rings is 1. The second kappa shape index (κ2) is 19.1. The van der Waals surface area contributed by atoms with Crippen LogP contribution in [0.5, 0.6) is 0 Å². The Morgan fingerprint density at radius 1 is 0.915 bits per heavy atom. The summed E-state index contributed by atoms with van der Waals surface area (Å²) in [6.45, 7) is 6.64. The molecule has 17 heteroatoms. The summed E-state index contributed by atoms with van der Waals surface area (Å²) >= 11 is 6.69. The lowest BCUT2D eigenvalue weighted by Crippen LogP contribution is -2.48. The standard InChI is InChI=1S/C42H50ClN9O7/c1-42(2,3)59-40(56)44-24-26-6-10-29(11-7-26)37(53)47-35(39(55)46-31-15-12-28(13-16-31)36-48-50-51-49-36)22-25-4-8-27(9-5-25)33-17-14-30(23-34(33)43)38(54)45-32-18-20-52(21-19-32)41(57)58/h4-5,8-9,12-17,23,26,29,32,35H,6-7,10-11,18-22,24H2,1-3H3,(H,44,56)(H,45,54)(H,46,55)(H,47,53)(H,57,58)(H,48,49,50,51)/t26?,29?,35-/m0/s1. The Hall–Kier alpha value is -6.03. The van der Waals surface area contributed by atoms with Gasteiger partial charge in [0.05, 0.1) is 0 Å². The summed E-state index contributed by atoms with van der Waals surface area (Å²) < 4.78 is 5.35. The number of carbonyl (C=O) groups is 5. The van der Waals surface area contributed by atoms with Crippen molar-refractivity contribution in [1.82, 2.24) is 41.5 Å². The Kier molecular flexibility index (Phi) is 13.8. The zero-order chi connectivity index (χ0) is 42.1. The van der Waals surface area contributed by atoms with Crippen LogP contribution in [0.3, 0.4) is 0 Å². The highest BCUT2D eigenvalue weighted by atomic mass is 35.5. The van der Waals surface area contributed by atoms with E-state index in [1.54, 1.807) is 42.5 Å². The van der Waals surface area contributed by atoms with Crippen molar-refractivity contribution in [2.45, 2.75) is 83.4 Å². The van der Waals surface area contributed by atoms with E-state index in [0.29, 0.717) is 78.5 Å². The first kappa shape index (κ1) is 42.6. The molecule has 3 aromatic carbocycles. The number of alkyl carbamates (subject to hydrolysis) is 1. The van der Waals surface area contributed by atoms with Gasteiger partial charge in [-0.15, -0.1) is 10.2 Å². The number of anilines is 1. The number of aromatic nitrogens is 4. The van der Waals surface area contributed by atoms with Crippen molar-refractivity contribution in [3.63, 3.8) is 0 Å². The first-order valence-electron chi connectivity index (χ1n) is 19.8. The molecule has 2 heterocycles. The molecule has 0 radical (unpaired) electrons. The average molecular weight is 828 g/mol. The van der Waals surface area contributed by atoms with E-state index in [1.807, 2.05) is 45.0 Å². The lowest BCUT2D eigenvalue weighted by molar-refractivity contribution is -0.130. The number of piperidine rings is 1. The summed E-state index contributed by atoms with van der Waals surface area (Å²) in [5, 5.41) is 35.3. The van der Waals surface area contributed by atoms with Gasteiger partial charge in [-0.2, -0.15) is 5.21 Å². The summed E-state index contributed by atoms with van der Waals surface area (Å²) in [5.74, 6) is -0.501. The number of benzene rings is 3. The molecular weight excluding hydrogens is 778 g/mol. The van der Waals surface area contributed by atoms with Crippen LogP contribution in [0.25, 0.3) is 22.5 Å². The minimum absolute atomic E-state index is 0.127. The van der Waals surface area contributed by atoms with E-state index in [1.165, 1.54) is 4.90 Å². The van der Waals surface area contributed by atoms with Crippen LogP contribution >= 0.6 is 11.6 Å². The number of rotatable bonds is 12. The van der Waals surface area contributed by atoms with Crippen molar-refractivity contribution in [3.05, 3.63) is 82.9 Å². The molecule has 6 N–H and O–H groups in total. The molecule has 0 unspecified atom stereocenters. The molecule has 2 aliphatic rings. The van der Waals surface area contributed by atoms with Gasteiger partial charge in [-0.3, -0.25) is 14.4 Å². The average Bonchev–Trinajstić information content (AvgIpc) is 3.76. The van der Waals surface area contributed by atoms with E-state index in [9.17, 15) is 29.1 Å². The van der Waals surface area contributed by atoms with Gasteiger partial charge in [0.25, 0.3) is 5.91 Å². The predicted molar refractivity (Wildman–Crippen MR) is 221 cm³/mol. The van der Waals surface area contributed by atoms with Crippen molar-refractivity contribution >= 4 is 47.2 Å². The molecular formula is C42H50ClN9O7. The van der Waals surface area contributed by atoms with E-state index in [-0.39, 0.29) is 42.0 Å². The number of nitrogens with zero attached hydrogens (tertiary/aromatic N) is 4. The van der Waals surface area contributed by atoms with Crippen molar-refractivity contribution in [3.8, 4) is 22.5 Å². The lowest BCUT2D eigenvalue weighted by Gasteiger charge is -2.30. The van der Waals surface area contributed by atoms with Crippen LogP contribution in [-0.2, 0) is 20.7 Å². The maximum absolute atomic E-state index is 13.8. The summed E-state index contributed by atoms with van der Waals surface area (Å²) in [5.41, 5.74) is 3.38. The Labute approximate surface area is 347 Å². The van der Waals surface area contributed by atoms with Crippen LogP contribution in [-0.4, -0.2) is 97.9 Å². The van der Waals surface area contributed by atoms with Gasteiger partial charge < -0.3 is 36.0 Å². The van der Waals surface area contributed by atoms with Crippen molar-refractivity contribution in [1.29, 1.82) is 0 Å². The molecule has 1 atom stereocenters. The number of hydrogen-bond acceptors (Lipinski definition) is 9. The van der Waals surface area contributed by atoms with Crippen LogP contribution in [0.4, 0.5) is 15.3 Å². The highest BCUT2D eigenvalue weighted by molar-refractivity contribution is 6.33. The molecule has 59 heavy (non-hydrogen) atoms. The molecule has 0 bridgehead atoms.